The van der Waals surface area contributed by atoms with Crippen molar-refractivity contribution in [2.45, 2.75) is 33.2 Å². The third kappa shape index (κ3) is 4.31. The molecule has 0 amide bonds. The molecular weight excluding hydrogens is 326 g/mol. The highest BCUT2D eigenvalue weighted by molar-refractivity contribution is 7.80. The summed E-state index contributed by atoms with van der Waals surface area (Å²) in [5.74, 6) is 0. The van der Waals surface area contributed by atoms with Gasteiger partial charge < -0.3 is 15.1 Å². The fourth-order valence-corrected chi connectivity index (χ4v) is 3.57. The van der Waals surface area contributed by atoms with E-state index < -0.39 is 0 Å². The highest BCUT2D eigenvalue weighted by Gasteiger charge is 2.25. The van der Waals surface area contributed by atoms with Gasteiger partial charge >= 0.3 is 0 Å². The second-order valence-corrected chi connectivity index (χ2v) is 7.19. The molecule has 3 nitrogen and oxygen atoms in total. The minimum atomic E-state index is 0.429. The van der Waals surface area contributed by atoms with Crippen molar-refractivity contribution in [3.05, 3.63) is 59.7 Å². The van der Waals surface area contributed by atoms with Crippen molar-refractivity contribution in [2.24, 2.45) is 0 Å². The van der Waals surface area contributed by atoms with Crippen molar-refractivity contribution in [3.8, 4) is 0 Å². The number of benzene rings is 2. The van der Waals surface area contributed by atoms with Gasteiger partial charge in [0.05, 0.1) is 0 Å². The molecule has 2 aromatic rings. The van der Waals surface area contributed by atoms with E-state index in [1.165, 1.54) is 16.8 Å². The summed E-state index contributed by atoms with van der Waals surface area (Å²) in [4.78, 5) is 4.74. The van der Waals surface area contributed by atoms with Crippen LogP contribution in [0.2, 0.25) is 0 Å². The molecule has 0 spiro atoms. The Kier molecular flexibility index (Phi) is 5.59. The monoisotopic (exact) mass is 353 g/mol. The lowest BCUT2D eigenvalue weighted by Gasteiger charge is -2.42. The number of rotatable bonds is 3. The molecule has 0 bridgehead atoms. The Morgan fingerprint density at radius 2 is 1.76 bits per heavy atom. The van der Waals surface area contributed by atoms with Crippen molar-refractivity contribution in [1.82, 2.24) is 4.90 Å². The topological polar surface area (TPSA) is 18.5 Å². The first kappa shape index (κ1) is 17.7. The minimum absolute atomic E-state index is 0.429. The number of nitrogens with one attached hydrogen (secondary N) is 1. The van der Waals surface area contributed by atoms with E-state index in [1.54, 1.807) is 0 Å². The molecule has 1 fully saturated rings. The number of thiocarbonyl (C=S) groups is 1. The summed E-state index contributed by atoms with van der Waals surface area (Å²) >= 11 is 5.64. The van der Waals surface area contributed by atoms with Crippen molar-refractivity contribution >= 4 is 28.7 Å². The molecule has 0 saturated carbocycles. The van der Waals surface area contributed by atoms with Crippen LogP contribution in [0.15, 0.2) is 48.5 Å². The average molecular weight is 354 g/mol. The molecule has 1 heterocycles. The maximum Gasteiger partial charge on any atom is 0.173 e. The molecule has 25 heavy (non-hydrogen) atoms. The minimum Gasteiger partial charge on any atom is -0.365 e. The second kappa shape index (κ2) is 7.87. The van der Waals surface area contributed by atoms with Gasteiger partial charge in [-0.05, 0) is 62.3 Å². The first-order valence-corrected chi connectivity index (χ1v) is 9.46. The van der Waals surface area contributed by atoms with Gasteiger partial charge in [0.2, 0.25) is 0 Å². The summed E-state index contributed by atoms with van der Waals surface area (Å²) in [6.45, 7) is 9.43. The van der Waals surface area contributed by atoms with Crippen molar-refractivity contribution in [2.75, 3.05) is 29.9 Å². The van der Waals surface area contributed by atoms with Crippen molar-refractivity contribution in [1.29, 1.82) is 0 Å². The van der Waals surface area contributed by atoms with Gasteiger partial charge in [-0.1, -0.05) is 36.8 Å². The Morgan fingerprint density at radius 1 is 1.08 bits per heavy atom. The first-order chi connectivity index (χ1) is 12.1. The number of hydrogen-bond acceptors (Lipinski definition) is 2. The van der Waals surface area contributed by atoms with Crippen LogP contribution in [0.4, 0.5) is 11.4 Å². The quantitative estimate of drug-likeness (QED) is 0.821. The molecule has 4 heteroatoms. The predicted molar refractivity (Wildman–Crippen MR) is 112 cm³/mol. The van der Waals surface area contributed by atoms with E-state index in [-0.39, 0.29) is 0 Å². The standard InChI is InChI=1S/C21H27N3S/c1-4-18-7-9-19(10-8-18)22-21(25)23-13-14-24(17(3)15-23)20-11-5-16(2)6-12-20/h5-12,17H,4,13-15H2,1-3H3,(H,22,25). The van der Waals surface area contributed by atoms with Gasteiger partial charge in [-0.2, -0.15) is 0 Å². The zero-order valence-electron chi connectivity index (χ0n) is 15.3. The normalized spacial score (nSPS) is 17.5. The lowest BCUT2D eigenvalue weighted by molar-refractivity contribution is 0.342. The Morgan fingerprint density at radius 3 is 2.36 bits per heavy atom. The Labute approximate surface area is 156 Å². The molecule has 2 aromatic carbocycles. The molecule has 1 saturated heterocycles. The molecule has 1 N–H and O–H groups in total. The largest absolute Gasteiger partial charge is 0.365 e. The molecular formula is C21H27N3S. The van der Waals surface area contributed by atoms with Crippen LogP contribution < -0.4 is 10.2 Å². The van der Waals surface area contributed by atoms with E-state index in [0.29, 0.717) is 6.04 Å². The maximum absolute atomic E-state index is 5.64. The van der Waals surface area contributed by atoms with Crippen molar-refractivity contribution < 1.29 is 0 Å². The van der Waals surface area contributed by atoms with Crippen LogP contribution in [0.25, 0.3) is 0 Å². The van der Waals surface area contributed by atoms with Gasteiger partial charge in [0.1, 0.15) is 0 Å². The molecule has 3 rings (SSSR count). The smallest absolute Gasteiger partial charge is 0.173 e. The second-order valence-electron chi connectivity index (χ2n) is 6.80. The molecule has 1 atom stereocenters. The molecule has 1 unspecified atom stereocenters. The van der Waals surface area contributed by atoms with E-state index in [9.17, 15) is 0 Å². The van der Waals surface area contributed by atoms with E-state index in [4.69, 9.17) is 12.2 Å². The van der Waals surface area contributed by atoms with Crippen LogP contribution in [0.5, 0.6) is 0 Å². The van der Waals surface area contributed by atoms with Gasteiger partial charge in [-0.15, -0.1) is 0 Å². The molecule has 0 radical (unpaired) electrons. The third-order valence-corrected chi connectivity index (χ3v) is 5.25. The SMILES string of the molecule is CCc1ccc(NC(=S)N2CCN(c3ccc(C)cc3)C(C)C2)cc1. The lowest BCUT2D eigenvalue weighted by atomic mass is 10.1. The predicted octanol–water partition coefficient (Wildman–Crippen LogP) is 4.46. The van der Waals surface area contributed by atoms with Crippen LogP contribution in [0.3, 0.4) is 0 Å². The Bertz CT molecular complexity index is 709. The molecule has 132 valence electrons. The van der Waals surface area contributed by atoms with E-state index in [2.05, 4.69) is 84.4 Å². The van der Waals surface area contributed by atoms with Gasteiger partial charge in [0.25, 0.3) is 0 Å². The highest BCUT2D eigenvalue weighted by atomic mass is 32.1. The number of nitrogens with zero attached hydrogens (tertiary/aromatic N) is 2. The summed E-state index contributed by atoms with van der Waals surface area (Å²) in [7, 11) is 0. The van der Waals surface area contributed by atoms with Gasteiger partial charge in [0, 0.05) is 37.1 Å². The zero-order chi connectivity index (χ0) is 17.8. The van der Waals surface area contributed by atoms with E-state index >= 15 is 0 Å². The first-order valence-electron chi connectivity index (χ1n) is 9.05. The van der Waals surface area contributed by atoms with E-state index in [0.717, 1.165) is 36.9 Å². The Hall–Kier alpha value is -2.07. The summed E-state index contributed by atoms with van der Waals surface area (Å²) in [5, 5.41) is 4.20. The summed E-state index contributed by atoms with van der Waals surface area (Å²) in [6, 6.07) is 17.8. The number of piperazine rings is 1. The number of aryl methyl sites for hydroxylation is 2. The van der Waals surface area contributed by atoms with Crippen LogP contribution in [-0.2, 0) is 6.42 Å². The van der Waals surface area contributed by atoms with Gasteiger partial charge in [-0.3, -0.25) is 0 Å². The van der Waals surface area contributed by atoms with Gasteiger partial charge in [-0.25, -0.2) is 0 Å². The molecule has 0 aliphatic carbocycles. The molecule has 1 aliphatic rings. The van der Waals surface area contributed by atoms with Crippen LogP contribution in [0, 0.1) is 6.92 Å². The molecule has 0 aromatic heterocycles. The number of hydrogen-bond donors (Lipinski definition) is 1. The fraction of sp³-hybridized carbons (Fsp3) is 0.381. The highest BCUT2D eigenvalue weighted by Crippen LogP contribution is 2.21. The van der Waals surface area contributed by atoms with Gasteiger partial charge in [0.15, 0.2) is 5.11 Å². The molecule has 1 aliphatic heterocycles. The zero-order valence-corrected chi connectivity index (χ0v) is 16.1. The summed E-state index contributed by atoms with van der Waals surface area (Å²) < 4.78 is 0. The third-order valence-electron chi connectivity index (χ3n) is 4.89. The van der Waals surface area contributed by atoms with E-state index in [1.807, 2.05) is 0 Å². The van der Waals surface area contributed by atoms with Crippen LogP contribution >= 0.6 is 12.2 Å². The summed E-state index contributed by atoms with van der Waals surface area (Å²) in [6.07, 6.45) is 1.06. The van der Waals surface area contributed by atoms with Crippen molar-refractivity contribution in [3.63, 3.8) is 0 Å². The number of anilines is 2. The lowest BCUT2D eigenvalue weighted by Crippen LogP contribution is -2.54. The van der Waals surface area contributed by atoms with Crippen LogP contribution in [-0.4, -0.2) is 35.7 Å². The fourth-order valence-electron chi connectivity index (χ4n) is 3.29. The van der Waals surface area contributed by atoms with Crippen LogP contribution in [0.1, 0.15) is 25.0 Å². The summed E-state index contributed by atoms with van der Waals surface area (Å²) in [5.41, 5.74) is 5.01. The maximum atomic E-state index is 5.64. The Balaban J connectivity index is 1.59. The average Bonchev–Trinajstić information content (AvgIpc) is 2.63.